The summed E-state index contributed by atoms with van der Waals surface area (Å²) < 4.78 is 5.42. The Morgan fingerprint density at radius 2 is 1.87 bits per heavy atom. The minimum Gasteiger partial charge on any atom is -0.323 e. The lowest BCUT2D eigenvalue weighted by molar-refractivity contribution is 0.235. The van der Waals surface area contributed by atoms with Crippen LogP contribution in [-0.4, -0.2) is 8.32 Å². The molecule has 0 aliphatic rings. The van der Waals surface area contributed by atoms with Gasteiger partial charge in [-0.1, -0.05) is 30.3 Å². The van der Waals surface area contributed by atoms with Crippen molar-refractivity contribution in [1.29, 1.82) is 0 Å². The minimum atomic E-state index is -1.48. The maximum Gasteiger partial charge on any atom is 0.220 e. The molecule has 2 nitrogen and oxygen atoms in total. The van der Waals surface area contributed by atoms with Crippen LogP contribution < -0.4 is 5.48 Å². The Morgan fingerprint density at radius 1 is 1.20 bits per heavy atom. The number of benzene rings is 1. The molecule has 3 heteroatoms. The Bertz CT molecular complexity index is 348. The number of rotatable bonds is 4. The first kappa shape index (κ1) is 11.8. The zero-order chi connectivity index (χ0) is 11.1. The molecule has 1 aromatic rings. The summed E-state index contributed by atoms with van der Waals surface area (Å²) in [4.78, 5) is 0. The lowest BCUT2D eigenvalue weighted by Gasteiger charge is -2.14. The number of hydroxylamine groups is 1. The van der Waals surface area contributed by atoms with Gasteiger partial charge in [0.2, 0.25) is 8.32 Å². The Hall–Kier alpha value is -1.28. The fourth-order valence-corrected chi connectivity index (χ4v) is 1.34. The number of hydrogen-bond acceptors (Lipinski definition) is 2. The minimum absolute atomic E-state index is 1.13. The smallest absolute Gasteiger partial charge is 0.220 e. The van der Waals surface area contributed by atoms with Crippen LogP contribution in [0.5, 0.6) is 0 Å². The quantitative estimate of drug-likeness (QED) is 0.477. The van der Waals surface area contributed by atoms with Crippen molar-refractivity contribution in [2.45, 2.75) is 19.6 Å². The standard InChI is InChI=1S/C12H17NOSi/c1-15(2,3)14-13-11-7-10-12-8-5-4-6-9-12/h4-6,8-11,13H,1-3H3. The van der Waals surface area contributed by atoms with E-state index in [0.29, 0.717) is 0 Å². The van der Waals surface area contributed by atoms with Crippen LogP contribution in [0.4, 0.5) is 0 Å². The predicted molar refractivity (Wildman–Crippen MR) is 66.6 cm³/mol. The highest BCUT2D eigenvalue weighted by Crippen LogP contribution is 2.00. The van der Waals surface area contributed by atoms with Gasteiger partial charge in [0.1, 0.15) is 0 Å². The molecule has 1 N–H and O–H groups in total. The highest BCUT2D eigenvalue weighted by atomic mass is 28.4. The van der Waals surface area contributed by atoms with Gasteiger partial charge in [0, 0.05) is 0 Å². The van der Waals surface area contributed by atoms with Gasteiger partial charge in [-0.3, -0.25) is 5.48 Å². The average Bonchev–Trinajstić information content (AvgIpc) is 2.17. The summed E-state index contributed by atoms with van der Waals surface area (Å²) in [7, 11) is -1.48. The lowest BCUT2D eigenvalue weighted by atomic mass is 10.2. The van der Waals surface area contributed by atoms with Crippen molar-refractivity contribution in [3.8, 4) is 0 Å². The second-order valence-corrected chi connectivity index (χ2v) is 8.63. The van der Waals surface area contributed by atoms with E-state index < -0.39 is 8.32 Å². The summed E-state index contributed by atoms with van der Waals surface area (Å²) in [5.41, 5.74) is 6.93. The molecular weight excluding hydrogens is 202 g/mol. The molecule has 0 spiro atoms. The summed E-state index contributed by atoms with van der Waals surface area (Å²) in [6.07, 6.45) is 3.59. The van der Waals surface area contributed by atoms with Crippen LogP contribution >= 0.6 is 0 Å². The summed E-state index contributed by atoms with van der Waals surface area (Å²) in [6.45, 7) is 6.36. The van der Waals surface area contributed by atoms with E-state index in [1.54, 1.807) is 6.20 Å². The first-order valence-corrected chi connectivity index (χ1v) is 8.38. The van der Waals surface area contributed by atoms with Gasteiger partial charge in [-0.15, -0.1) is 5.73 Å². The van der Waals surface area contributed by atoms with E-state index in [1.807, 2.05) is 36.4 Å². The van der Waals surface area contributed by atoms with E-state index >= 15 is 0 Å². The SMILES string of the molecule is C[Si](C)(C)ONC=C=Cc1ccccc1. The van der Waals surface area contributed by atoms with Crippen LogP contribution in [0, 0.1) is 0 Å². The first-order valence-electron chi connectivity index (χ1n) is 4.97. The molecular formula is C12H17NOSi. The van der Waals surface area contributed by atoms with Crippen LogP contribution in [0.15, 0.2) is 42.3 Å². The van der Waals surface area contributed by atoms with Crippen molar-refractivity contribution in [3.05, 3.63) is 47.8 Å². The zero-order valence-electron chi connectivity index (χ0n) is 9.45. The van der Waals surface area contributed by atoms with E-state index in [-0.39, 0.29) is 0 Å². The molecule has 1 rings (SSSR count). The largest absolute Gasteiger partial charge is 0.323 e. The number of nitrogens with one attached hydrogen (secondary N) is 1. The van der Waals surface area contributed by atoms with Gasteiger partial charge in [0.25, 0.3) is 0 Å². The third kappa shape index (κ3) is 5.91. The molecule has 0 aliphatic heterocycles. The first-order chi connectivity index (χ1) is 7.08. The molecule has 0 saturated carbocycles. The van der Waals surface area contributed by atoms with Crippen LogP contribution in [0.1, 0.15) is 5.56 Å². The lowest BCUT2D eigenvalue weighted by Crippen LogP contribution is -2.30. The normalized spacial score (nSPS) is 10.3. The Labute approximate surface area is 92.4 Å². The monoisotopic (exact) mass is 219 g/mol. The molecule has 0 heterocycles. The topological polar surface area (TPSA) is 21.3 Å². The number of hydrogen-bond donors (Lipinski definition) is 1. The van der Waals surface area contributed by atoms with Gasteiger partial charge in [-0.05, 0) is 31.3 Å². The molecule has 0 aromatic heterocycles. The van der Waals surface area contributed by atoms with Crippen molar-refractivity contribution in [3.63, 3.8) is 0 Å². The molecule has 0 saturated heterocycles. The van der Waals surface area contributed by atoms with E-state index in [1.165, 1.54) is 0 Å². The summed E-state index contributed by atoms with van der Waals surface area (Å²) >= 11 is 0. The van der Waals surface area contributed by atoms with Gasteiger partial charge in [-0.2, -0.15) is 0 Å². The third-order valence-electron chi connectivity index (χ3n) is 1.56. The van der Waals surface area contributed by atoms with Crippen molar-refractivity contribution < 1.29 is 4.53 Å². The maximum atomic E-state index is 5.42. The van der Waals surface area contributed by atoms with E-state index in [4.69, 9.17) is 4.53 Å². The highest BCUT2D eigenvalue weighted by Gasteiger charge is 2.13. The van der Waals surface area contributed by atoms with Gasteiger partial charge in [-0.25, -0.2) is 0 Å². The predicted octanol–water partition coefficient (Wildman–Crippen LogP) is 3.17. The maximum absolute atomic E-state index is 5.42. The van der Waals surface area contributed by atoms with Crippen LogP contribution in [-0.2, 0) is 4.53 Å². The highest BCUT2D eigenvalue weighted by molar-refractivity contribution is 6.69. The molecule has 80 valence electrons. The van der Waals surface area contributed by atoms with Crippen LogP contribution in [0.2, 0.25) is 19.6 Å². The Balaban J connectivity index is 2.42. The van der Waals surface area contributed by atoms with Crippen molar-refractivity contribution >= 4 is 14.4 Å². The second-order valence-electron chi connectivity index (χ2n) is 4.20. The summed E-state index contributed by atoms with van der Waals surface area (Å²) in [6, 6.07) is 10.0. The van der Waals surface area contributed by atoms with E-state index in [2.05, 4.69) is 30.9 Å². The van der Waals surface area contributed by atoms with Gasteiger partial charge in [0.15, 0.2) is 0 Å². The molecule has 0 unspecified atom stereocenters. The fraction of sp³-hybridized carbons (Fsp3) is 0.250. The molecule has 0 aliphatic carbocycles. The summed E-state index contributed by atoms with van der Waals surface area (Å²) in [5.74, 6) is 0. The zero-order valence-corrected chi connectivity index (χ0v) is 10.4. The average molecular weight is 219 g/mol. The molecule has 0 bridgehead atoms. The van der Waals surface area contributed by atoms with Crippen molar-refractivity contribution in [2.24, 2.45) is 0 Å². The Kier molecular flexibility index (Phi) is 4.37. The van der Waals surface area contributed by atoms with Crippen LogP contribution in [0.3, 0.4) is 0 Å². The van der Waals surface area contributed by atoms with E-state index in [9.17, 15) is 0 Å². The van der Waals surface area contributed by atoms with Crippen LogP contribution in [0.25, 0.3) is 6.08 Å². The Morgan fingerprint density at radius 3 is 2.47 bits per heavy atom. The summed E-state index contributed by atoms with van der Waals surface area (Å²) in [5, 5.41) is 0. The van der Waals surface area contributed by atoms with E-state index in [0.717, 1.165) is 5.56 Å². The van der Waals surface area contributed by atoms with Gasteiger partial charge < -0.3 is 4.53 Å². The fourth-order valence-electron chi connectivity index (χ4n) is 0.927. The van der Waals surface area contributed by atoms with Gasteiger partial charge >= 0.3 is 0 Å². The molecule has 0 radical (unpaired) electrons. The molecule has 0 amide bonds. The molecule has 1 aromatic carbocycles. The molecule has 0 fully saturated rings. The van der Waals surface area contributed by atoms with Crippen molar-refractivity contribution in [2.75, 3.05) is 0 Å². The molecule has 15 heavy (non-hydrogen) atoms. The molecule has 0 atom stereocenters. The van der Waals surface area contributed by atoms with Crippen molar-refractivity contribution in [1.82, 2.24) is 5.48 Å². The van der Waals surface area contributed by atoms with Gasteiger partial charge in [0.05, 0.1) is 6.20 Å². The third-order valence-corrected chi connectivity index (χ3v) is 2.29. The second kappa shape index (κ2) is 5.56.